The van der Waals surface area contributed by atoms with Gasteiger partial charge < -0.3 is 5.32 Å². The lowest BCUT2D eigenvalue weighted by Crippen LogP contribution is -2.31. The Labute approximate surface area is 193 Å². The minimum Gasteiger partial charge on any atom is -0.345 e. The predicted octanol–water partition coefficient (Wildman–Crippen LogP) is 5.19. The zero-order valence-electron chi connectivity index (χ0n) is 18.2. The molecule has 1 saturated carbocycles. The number of hydrogen-bond donors (Lipinski definition) is 1. The van der Waals surface area contributed by atoms with Crippen molar-refractivity contribution in [1.29, 1.82) is 0 Å². The molecule has 0 bridgehead atoms. The van der Waals surface area contributed by atoms with E-state index < -0.39 is 15.7 Å². The van der Waals surface area contributed by atoms with E-state index in [1.165, 1.54) is 0 Å². The van der Waals surface area contributed by atoms with Crippen molar-refractivity contribution in [3.8, 4) is 11.3 Å². The van der Waals surface area contributed by atoms with E-state index in [4.69, 9.17) is 0 Å². The lowest BCUT2D eigenvalue weighted by atomic mass is 10.00. The number of fused-ring (bicyclic) bond motifs is 1. The molecular formula is C27H24N2O3S. The maximum atomic E-state index is 13.8. The van der Waals surface area contributed by atoms with Gasteiger partial charge in [0.25, 0.3) is 5.91 Å². The SMILES string of the molecule is CS(=O)(=O)c1c(-c2ccccc2)nc2ccccc2c1C(=O)NC(c1ccccc1)C1CC1. The highest BCUT2D eigenvalue weighted by atomic mass is 32.2. The van der Waals surface area contributed by atoms with E-state index in [1.54, 1.807) is 18.2 Å². The van der Waals surface area contributed by atoms with Crippen molar-refractivity contribution in [2.24, 2.45) is 5.92 Å². The first-order chi connectivity index (χ1) is 15.9. The maximum Gasteiger partial charge on any atom is 0.253 e. The number of nitrogens with zero attached hydrogens (tertiary/aromatic N) is 1. The topological polar surface area (TPSA) is 76.1 Å². The van der Waals surface area contributed by atoms with Gasteiger partial charge >= 0.3 is 0 Å². The van der Waals surface area contributed by atoms with Crippen LogP contribution >= 0.6 is 0 Å². The third kappa shape index (κ3) is 4.26. The molecule has 1 atom stereocenters. The molecule has 1 aromatic heterocycles. The van der Waals surface area contributed by atoms with Gasteiger partial charge in [-0.25, -0.2) is 13.4 Å². The average molecular weight is 457 g/mol. The number of rotatable bonds is 6. The first-order valence-electron chi connectivity index (χ1n) is 11.0. The fourth-order valence-electron chi connectivity index (χ4n) is 4.35. The second kappa shape index (κ2) is 8.45. The quantitative estimate of drug-likeness (QED) is 0.433. The largest absolute Gasteiger partial charge is 0.345 e. The summed E-state index contributed by atoms with van der Waals surface area (Å²) in [5.41, 5.74) is 2.71. The summed E-state index contributed by atoms with van der Waals surface area (Å²) >= 11 is 0. The Morgan fingerprint density at radius 3 is 2.15 bits per heavy atom. The molecule has 166 valence electrons. The standard InChI is InChI=1S/C27H24N2O3S/c1-33(31,32)26-23(27(30)29-24(20-16-17-20)18-10-4-2-5-11-18)21-14-8-9-15-22(21)28-25(26)19-12-6-3-7-13-19/h2-15,20,24H,16-17H2,1H3,(H,29,30). The van der Waals surface area contributed by atoms with E-state index in [9.17, 15) is 13.2 Å². The van der Waals surface area contributed by atoms with Gasteiger partial charge in [0, 0.05) is 17.2 Å². The Balaban J connectivity index is 1.72. The third-order valence-corrected chi connectivity index (χ3v) is 7.17. The molecule has 0 spiro atoms. The van der Waals surface area contributed by atoms with Gasteiger partial charge in [-0.1, -0.05) is 78.9 Å². The lowest BCUT2D eigenvalue weighted by molar-refractivity contribution is 0.0930. The highest BCUT2D eigenvalue weighted by molar-refractivity contribution is 7.91. The van der Waals surface area contributed by atoms with E-state index >= 15 is 0 Å². The van der Waals surface area contributed by atoms with Crippen LogP contribution in [0.4, 0.5) is 0 Å². The summed E-state index contributed by atoms with van der Waals surface area (Å²) in [4.78, 5) is 18.5. The molecule has 1 aliphatic rings. The molecule has 1 aliphatic carbocycles. The van der Waals surface area contributed by atoms with Crippen molar-refractivity contribution in [3.05, 3.63) is 96.1 Å². The fraction of sp³-hybridized carbons (Fsp3) is 0.185. The van der Waals surface area contributed by atoms with Crippen LogP contribution in [0.5, 0.6) is 0 Å². The molecule has 4 aromatic rings. The Hall–Kier alpha value is -3.51. The van der Waals surface area contributed by atoms with Gasteiger partial charge in [-0.05, 0) is 30.4 Å². The molecule has 1 amide bonds. The summed E-state index contributed by atoms with van der Waals surface area (Å²) in [6.07, 6.45) is 3.20. The molecule has 0 radical (unpaired) electrons. The fourth-order valence-corrected chi connectivity index (χ4v) is 5.44. The van der Waals surface area contributed by atoms with Crippen LogP contribution in [0.2, 0.25) is 0 Å². The van der Waals surface area contributed by atoms with Crippen molar-refractivity contribution < 1.29 is 13.2 Å². The number of hydrogen-bond acceptors (Lipinski definition) is 4. The monoisotopic (exact) mass is 456 g/mol. The molecule has 1 unspecified atom stereocenters. The van der Waals surface area contributed by atoms with Crippen LogP contribution in [0.3, 0.4) is 0 Å². The molecular weight excluding hydrogens is 432 g/mol. The summed E-state index contributed by atoms with van der Waals surface area (Å²) in [5.74, 6) is -0.0494. The van der Waals surface area contributed by atoms with Crippen LogP contribution in [-0.2, 0) is 9.84 Å². The van der Waals surface area contributed by atoms with Crippen molar-refractivity contribution in [2.75, 3.05) is 6.26 Å². The Morgan fingerprint density at radius 2 is 1.52 bits per heavy atom. The van der Waals surface area contributed by atoms with E-state index in [0.717, 1.165) is 24.7 Å². The molecule has 3 aromatic carbocycles. The smallest absolute Gasteiger partial charge is 0.253 e. The minimum absolute atomic E-state index is 0.0347. The van der Waals surface area contributed by atoms with Crippen molar-refractivity contribution in [2.45, 2.75) is 23.8 Å². The Morgan fingerprint density at radius 1 is 0.909 bits per heavy atom. The zero-order valence-corrected chi connectivity index (χ0v) is 19.0. The summed E-state index contributed by atoms with van der Waals surface area (Å²) in [6.45, 7) is 0. The van der Waals surface area contributed by atoms with Gasteiger partial charge in [0.05, 0.1) is 22.8 Å². The summed E-state index contributed by atoms with van der Waals surface area (Å²) in [5, 5.41) is 3.69. The van der Waals surface area contributed by atoms with Crippen LogP contribution in [0.1, 0.15) is 34.8 Å². The number of benzene rings is 3. The van der Waals surface area contributed by atoms with Crippen LogP contribution in [-0.4, -0.2) is 25.6 Å². The summed E-state index contributed by atoms with van der Waals surface area (Å²) < 4.78 is 26.2. The molecule has 33 heavy (non-hydrogen) atoms. The van der Waals surface area contributed by atoms with E-state index in [-0.39, 0.29) is 16.5 Å². The number of sulfone groups is 1. The predicted molar refractivity (Wildman–Crippen MR) is 130 cm³/mol. The molecule has 0 saturated heterocycles. The molecule has 1 N–H and O–H groups in total. The van der Waals surface area contributed by atoms with Gasteiger partial charge in [0.15, 0.2) is 9.84 Å². The first kappa shape index (κ1) is 21.3. The molecule has 1 heterocycles. The molecule has 1 fully saturated rings. The van der Waals surface area contributed by atoms with Crippen LogP contribution < -0.4 is 5.32 Å². The van der Waals surface area contributed by atoms with Crippen molar-refractivity contribution in [3.63, 3.8) is 0 Å². The third-order valence-electron chi connectivity index (χ3n) is 6.03. The highest BCUT2D eigenvalue weighted by Gasteiger charge is 2.35. The number of carbonyl (C=O) groups excluding carboxylic acids is 1. The number of carbonyl (C=O) groups is 1. The Bertz CT molecular complexity index is 1430. The second-order valence-corrected chi connectivity index (χ2v) is 10.5. The molecule has 5 nitrogen and oxygen atoms in total. The van der Waals surface area contributed by atoms with E-state index in [2.05, 4.69) is 10.3 Å². The number of aromatic nitrogens is 1. The van der Waals surface area contributed by atoms with Crippen LogP contribution in [0, 0.1) is 5.92 Å². The number of para-hydroxylation sites is 1. The van der Waals surface area contributed by atoms with Gasteiger partial charge in [-0.15, -0.1) is 0 Å². The van der Waals surface area contributed by atoms with Crippen molar-refractivity contribution in [1.82, 2.24) is 10.3 Å². The number of pyridine rings is 1. The lowest BCUT2D eigenvalue weighted by Gasteiger charge is -2.21. The average Bonchev–Trinajstić information content (AvgIpc) is 3.67. The normalized spacial score (nSPS) is 14.7. The van der Waals surface area contributed by atoms with E-state index in [1.807, 2.05) is 66.7 Å². The minimum atomic E-state index is -3.78. The van der Waals surface area contributed by atoms with Crippen LogP contribution in [0.25, 0.3) is 22.2 Å². The number of amides is 1. The van der Waals surface area contributed by atoms with Gasteiger partial charge in [0.2, 0.25) is 0 Å². The number of nitrogens with one attached hydrogen (secondary N) is 1. The Kier molecular flexibility index (Phi) is 5.46. The van der Waals surface area contributed by atoms with Crippen LogP contribution in [0.15, 0.2) is 89.8 Å². The van der Waals surface area contributed by atoms with Crippen molar-refractivity contribution >= 4 is 26.6 Å². The van der Waals surface area contributed by atoms with Gasteiger partial charge in [-0.2, -0.15) is 0 Å². The van der Waals surface area contributed by atoms with E-state index in [0.29, 0.717) is 28.1 Å². The van der Waals surface area contributed by atoms with Gasteiger partial charge in [0.1, 0.15) is 4.90 Å². The highest BCUT2D eigenvalue weighted by Crippen LogP contribution is 2.42. The molecule has 0 aliphatic heterocycles. The molecule has 6 heteroatoms. The summed E-state index contributed by atoms with van der Waals surface area (Å²) in [6, 6.07) is 26.0. The summed E-state index contributed by atoms with van der Waals surface area (Å²) in [7, 11) is -3.78. The maximum absolute atomic E-state index is 13.8. The zero-order chi connectivity index (χ0) is 23.0. The van der Waals surface area contributed by atoms with Gasteiger partial charge in [-0.3, -0.25) is 4.79 Å². The second-order valence-electron chi connectivity index (χ2n) is 8.52. The molecule has 5 rings (SSSR count). The first-order valence-corrected chi connectivity index (χ1v) is 12.9.